The van der Waals surface area contributed by atoms with Crippen LogP contribution in [0.4, 0.5) is 5.69 Å². The van der Waals surface area contributed by atoms with Gasteiger partial charge in [-0.05, 0) is 37.0 Å². The van der Waals surface area contributed by atoms with Gasteiger partial charge >= 0.3 is 0 Å². The zero-order valence-corrected chi connectivity index (χ0v) is 17.6. The van der Waals surface area contributed by atoms with Gasteiger partial charge in [-0.25, -0.2) is 4.98 Å². The summed E-state index contributed by atoms with van der Waals surface area (Å²) >= 11 is 0. The van der Waals surface area contributed by atoms with E-state index in [2.05, 4.69) is 25.8 Å². The second-order valence-electron chi connectivity index (χ2n) is 8.14. The third-order valence-electron chi connectivity index (χ3n) is 5.18. The molecule has 31 heavy (non-hydrogen) atoms. The molecule has 2 amide bonds. The van der Waals surface area contributed by atoms with Crippen LogP contribution >= 0.6 is 0 Å². The summed E-state index contributed by atoms with van der Waals surface area (Å²) in [6.07, 6.45) is 7.62. The Morgan fingerprint density at radius 3 is 2.84 bits per heavy atom. The Balaban J connectivity index is 1.38. The molecule has 2 aromatic heterocycles. The summed E-state index contributed by atoms with van der Waals surface area (Å²) in [6, 6.07) is 6.47. The molecule has 2 heterocycles. The second-order valence-corrected chi connectivity index (χ2v) is 8.14. The van der Waals surface area contributed by atoms with Crippen molar-refractivity contribution in [3.8, 4) is 0 Å². The van der Waals surface area contributed by atoms with Gasteiger partial charge in [-0.1, -0.05) is 25.1 Å². The smallest absolute Gasteiger partial charge is 0.252 e. The molecular weight excluding hydrogens is 396 g/mol. The highest BCUT2D eigenvalue weighted by Gasteiger charge is 2.31. The molecule has 0 spiro atoms. The standard InChI is InChI=1S/C22H26N6O3/c1-14(2)19(22-26-20(27-31-22)15-6-7-15)25-21(30)16-4-3-5-17(12-16)24-18(29)8-10-28-11-9-23-13-28/h3-5,9,11-15,19H,6-8,10H2,1-2H3,(H,24,29)(H,25,30). The van der Waals surface area contributed by atoms with Crippen molar-refractivity contribution in [2.24, 2.45) is 5.92 Å². The first-order valence-corrected chi connectivity index (χ1v) is 10.5. The fraction of sp³-hybridized carbons (Fsp3) is 0.409. The summed E-state index contributed by atoms with van der Waals surface area (Å²) in [5, 5.41) is 9.88. The maximum absolute atomic E-state index is 12.9. The number of nitrogens with zero attached hydrogens (tertiary/aromatic N) is 4. The predicted molar refractivity (Wildman–Crippen MR) is 113 cm³/mol. The van der Waals surface area contributed by atoms with Crippen LogP contribution in [0.25, 0.3) is 0 Å². The van der Waals surface area contributed by atoms with Crippen LogP contribution in [0.15, 0.2) is 47.5 Å². The van der Waals surface area contributed by atoms with Crippen LogP contribution in [-0.4, -0.2) is 31.5 Å². The highest BCUT2D eigenvalue weighted by molar-refractivity contribution is 5.97. The Hall–Kier alpha value is -3.49. The van der Waals surface area contributed by atoms with Crippen molar-refractivity contribution >= 4 is 17.5 Å². The Labute approximate surface area is 180 Å². The largest absolute Gasteiger partial charge is 0.340 e. The van der Waals surface area contributed by atoms with Crippen molar-refractivity contribution in [3.63, 3.8) is 0 Å². The summed E-state index contributed by atoms with van der Waals surface area (Å²) in [7, 11) is 0. The highest BCUT2D eigenvalue weighted by atomic mass is 16.5. The maximum atomic E-state index is 12.9. The molecule has 0 aliphatic heterocycles. The highest BCUT2D eigenvalue weighted by Crippen LogP contribution is 2.38. The van der Waals surface area contributed by atoms with Crippen molar-refractivity contribution in [3.05, 3.63) is 60.3 Å². The fourth-order valence-electron chi connectivity index (χ4n) is 3.23. The molecule has 1 aliphatic carbocycles. The van der Waals surface area contributed by atoms with E-state index in [0.29, 0.717) is 36.0 Å². The molecule has 162 valence electrons. The van der Waals surface area contributed by atoms with Crippen LogP contribution in [-0.2, 0) is 11.3 Å². The van der Waals surface area contributed by atoms with Crippen molar-refractivity contribution in [1.82, 2.24) is 25.0 Å². The number of nitrogens with one attached hydrogen (secondary N) is 2. The number of anilines is 1. The Kier molecular flexibility index (Phi) is 6.11. The average Bonchev–Trinajstić information content (AvgIpc) is 3.25. The van der Waals surface area contributed by atoms with E-state index in [1.165, 1.54) is 0 Å². The monoisotopic (exact) mass is 422 g/mol. The van der Waals surface area contributed by atoms with E-state index in [0.717, 1.165) is 18.7 Å². The van der Waals surface area contributed by atoms with E-state index in [-0.39, 0.29) is 23.8 Å². The van der Waals surface area contributed by atoms with Gasteiger partial charge in [0.05, 0.1) is 6.33 Å². The van der Waals surface area contributed by atoms with Gasteiger partial charge in [0.25, 0.3) is 5.91 Å². The summed E-state index contributed by atoms with van der Waals surface area (Å²) in [5.74, 6) is 1.20. The zero-order chi connectivity index (χ0) is 21.8. The quantitative estimate of drug-likeness (QED) is 0.547. The van der Waals surface area contributed by atoms with E-state index in [1.807, 2.05) is 18.4 Å². The van der Waals surface area contributed by atoms with Crippen LogP contribution < -0.4 is 10.6 Å². The molecule has 2 N–H and O–H groups in total. The molecule has 0 bridgehead atoms. The van der Waals surface area contributed by atoms with Gasteiger partial charge in [0.2, 0.25) is 11.8 Å². The number of benzene rings is 1. The van der Waals surface area contributed by atoms with Crippen LogP contribution in [0.5, 0.6) is 0 Å². The van der Waals surface area contributed by atoms with Gasteiger partial charge < -0.3 is 19.7 Å². The number of rotatable bonds is 9. The van der Waals surface area contributed by atoms with Gasteiger partial charge in [0, 0.05) is 42.5 Å². The van der Waals surface area contributed by atoms with Gasteiger partial charge in [0.15, 0.2) is 5.82 Å². The lowest BCUT2D eigenvalue weighted by Crippen LogP contribution is -2.32. The molecule has 1 atom stereocenters. The van der Waals surface area contributed by atoms with Gasteiger partial charge in [-0.3, -0.25) is 9.59 Å². The number of carbonyl (C=O) groups is 2. The second kappa shape index (κ2) is 9.11. The zero-order valence-electron chi connectivity index (χ0n) is 17.6. The topological polar surface area (TPSA) is 115 Å². The molecule has 1 unspecified atom stereocenters. The third-order valence-corrected chi connectivity index (χ3v) is 5.18. The molecule has 4 rings (SSSR count). The number of imidazole rings is 1. The first-order valence-electron chi connectivity index (χ1n) is 10.5. The maximum Gasteiger partial charge on any atom is 0.252 e. The predicted octanol–water partition coefficient (Wildman–Crippen LogP) is 3.30. The summed E-state index contributed by atoms with van der Waals surface area (Å²) < 4.78 is 7.26. The summed E-state index contributed by atoms with van der Waals surface area (Å²) in [5.41, 5.74) is 1.01. The summed E-state index contributed by atoms with van der Waals surface area (Å²) in [4.78, 5) is 33.6. The Morgan fingerprint density at radius 1 is 1.29 bits per heavy atom. The molecule has 1 aromatic carbocycles. The third kappa shape index (κ3) is 5.36. The Bertz CT molecular complexity index is 1040. The van der Waals surface area contributed by atoms with Crippen LogP contribution in [0.2, 0.25) is 0 Å². The number of aromatic nitrogens is 4. The molecule has 9 heteroatoms. The van der Waals surface area contributed by atoms with Crippen LogP contribution in [0, 0.1) is 5.92 Å². The van der Waals surface area contributed by atoms with Gasteiger partial charge in [0.1, 0.15) is 6.04 Å². The van der Waals surface area contributed by atoms with Crippen molar-refractivity contribution < 1.29 is 14.1 Å². The molecule has 0 saturated heterocycles. The lowest BCUT2D eigenvalue weighted by Gasteiger charge is -2.18. The molecule has 1 saturated carbocycles. The molecule has 3 aromatic rings. The number of hydrogen-bond acceptors (Lipinski definition) is 6. The number of amides is 2. The van der Waals surface area contributed by atoms with E-state index in [9.17, 15) is 9.59 Å². The van der Waals surface area contributed by atoms with Crippen molar-refractivity contribution in [2.45, 2.75) is 51.6 Å². The van der Waals surface area contributed by atoms with E-state index < -0.39 is 0 Å². The van der Waals surface area contributed by atoms with Gasteiger partial charge in [-0.2, -0.15) is 4.98 Å². The van der Waals surface area contributed by atoms with E-state index in [1.54, 1.807) is 43.0 Å². The molecule has 9 nitrogen and oxygen atoms in total. The van der Waals surface area contributed by atoms with Crippen LogP contribution in [0.1, 0.15) is 67.1 Å². The van der Waals surface area contributed by atoms with Crippen LogP contribution in [0.3, 0.4) is 0 Å². The SMILES string of the molecule is CC(C)C(NC(=O)c1cccc(NC(=O)CCn2ccnc2)c1)c1nc(C2CC2)no1. The first-order chi connectivity index (χ1) is 15.0. The minimum atomic E-state index is -0.388. The van der Waals surface area contributed by atoms with E-state index in [4.69, 9.17) is 4.52 Å². The number of hydrogen-bond donors (Lipinski definition) is 2. The Morgan fingerprint density at radius 2 is 2.13 bits per heavy atom. The van der Waals surface area contributed by atoms with Gasteiger partial charge in [-0.15, -0.1) is 0 Å². The number of aryl methyl sites for hydroxylation is 1. The summed E-state index contributed by atoms with van der Waals surface area (Å²) in [6.45, 7) is 4.51. The number of carbonyl (C=O) groups excluding carboxylic acids is 2. The minimum absolute atomic E-state index is 0.0718. The van der Waals surface area contributed by atoms with Crippen molar-refractivity contribution in [2.75, 3.05) is 5.32 Å². The normalized spacial score (nSPS) is 14.4. The van der Waals surface area contributed by atoms with Crippen molar-refractivity contribution in [1.29, 1.82) is 0 Å². The minimum Gasteiger partial charge on any atom is -0.340 e. The molecule has 0 radical (unpaired) electrons. The lowest BCUT2D eigenvalue weighted by atomic mass is 10.0. The van der Waals surface area contributed by atoms with E-state index >= 15 is 0 Å². The molecule has 1 fully saturated rings. The molecule has 1 aliphatic rings. The average molecular weight is 422 g/mol. The molecular formula is C22H26N6O3. The lowest BCUT2D eigenvalue weighted by molar-refractivity contribution is -0.116. The fourth-order valence-corrected chi connectivity index (χ4v) is 3.23. The first kappa shape index (κ1) is 20.8.